The number of nitrogens with one attached hydrogen (secondary N) is 3. The fourth-order valence-corrected chi connectivity index (χ4v) is 5.68. The van der Waals surface area contributed by atoms with Gasteiger partial charge < -0.3 is 15.0 Å². The Kier molecular flexibility index (Phi) is 4.41. The molecule has 29 heavy (non-hydrogen) atoms. The Balaban J connectivity index is 1.39. The van der Waals surface area contributed by atoms with Crippen LogP contribution in [0.15, 0.2) is 29.2 Å². The van der Waals surface area contributed by atoms with Crippen molar-refractivity contribution in [1.29, 1.82) is 4.78 Å². The van der Waals surface area contributed by atoms with E-state index in [1.807, 2.05) is 0 Å². The number of aryl methyl sites for hydroxylation is 2. The van der Waals surface area contributed by atoms with Crippen molar-refractivity contribution in [1.82, 2.24) is 4.72 Å². The minimum absolute atomic E-state index is 0.188. The van der Waals surface area contributed by atoms with E-state index in [-0.39, 0.29) is 11.5 Å². The second-order valence-corrected chi connectivity index (χ2v) is 9.66. The highest BCUT2D eigenvalue weighted by molar-refractivity contribution is 7.91. The SMILES string of the molecule is N=S(=O)(NC(=O)Nc1c2c(cc3c1CCC3)CCC2)c1ccc2c(c1)COB2O. The standard InChI is InChI=1S/C20H22BN3O4S/c22-29(27,15-7-8-18-14(10-15)11-28-21(18)26)24-20(25)23-19-16-5-1-3-12(16)9-13-4-2-6-17(13)19/h7-10,26H,1-6,11H2,(H3,22,23,24,25,27). The first-order chi connectivity index (χ1) is 13.9. The molecular formula is C20H22BN3O4S. The normalized spacial score (nSPS) is 18.7. The highest BCUT2D eigenvalue weighted by Gasteiger charge is 2.29. The summed E-state index contributed by atoms with van der Waals surface area (Å²) in [5, 5.41) is 12.6. The predicted octanol–water partition coefficient (Wildman–Crippen LogP) is 2.02. The minimum Gasteiger partial charge on any atom is -0.423 e. The number of hydrogen-bond acceptors (Lipinski definition) is 5. The van der Waals surface area contributed by atoms with Gasteiger partial charge in [-0.25, -0.2) is 18.5 Å². The molecule has 4 N–H and O–H groups in total. The molecule has 1 unspecified atom stereocenters. The van der Waals surface area contributed by atoms with E-state index in [0.29, 0.717) is 11.0 Å². The van der Waals surface area contributed by atoms with Crippen molar-refractivity contribution >= 4 is 34.2 Å². The summed E-state index contributed by atoms with van der Waals surface area (Å²) in [6.07, 6.45) is 6.07. The Hall–Kier alpha value is -2.36. The van der Waals surface area contributed by atoms with Crippen LogP contribution in [0.5, 0.6) is 0 Å². The van der Waals surface area contributed by atoms with Crippen LogP contribution in [-0.4, -0.2) is 22.4 Å². The number of benzene rings is 2. The summed E-state index contributed by atoms with van der Waals surface area (Å²) in [5.41, 5.74) is 7.08. The number of urea groups is 1. The molecule has 150 valence electrons. The van der Waals surface area contributed by atoms with Crippen LogP contribution in [0.1, 0.15) is 40.7 Å². The maximum atomic E-state index is 12.9. The minimum atomic E-state index is -3.55. The van der Waals surface area contributed by atoms with Crippen LogP contribution in [0.2, 0.25) is 0 Å². The lowest BCUT2D eigenvalue weighted by Crippen LogP contribution is -2.34. The molecule has 7 nitrogen and oxygen atoms in total. The zero-order valence-corrected chi connectivity index (χ0v) is 16.7. The van der Waals surface area contributed by atoms with Gasteiger partial charge in [-0.05, 0) is 83.9 Å². The topological polar surface area (TPSA) is 112 Å². The summed E-state index contributed by atoms with van der Waals surface area (Å²) in [4.78, 5) is 12.9. The third-order valence-corrected chi connectivity index (χ3v) is 7.45. The predicted molar refractivity (Wildman–Crippen MR) is 111 cm³/mol. The zero-order valence-electron chi connectivity index (χ0n) is 15.9. The van der Waals surface area contributed by atoms with Gasteiger partial charge in [0.2, 0.25) is 0 Å². The quantitative estimate of drug-likeness (QED) is 0.579. The molecule has 1 aliphatic heterocycles. The monoisotopic (exact) mass is 411 g/mol. The van der Waals surface area contributed by atoms with Crippen molar-refractivity contribution in [2.24, 2.45) is 0 Å². The number of anilines is 1. The Morgan fingerprint density at radius 3 is 2.45 bits per heavy atom. The molecule has 2 aliphatic carbocycles. The summed E-state index contributed by atoms with van der Waals surface area (Å²) >= 11 is 0. The van der Waals surface area contributed by atoms with Crippen molar-refractivity contribution in [2.45, 2.75) is 50.0 Å². The summed E-state index contributed by atoms with van der Waals surface area (Å²) in [6.45, 7) is 0.189. The second-order valence-electron chi connectivity index (χ2n) is 7.87. The molecular weight excluding hydrogens is 389 g/mol. The van der Waals surface area contributed by atoms with Gasteiger partial charge >= 0.3 is 13.1 Å². The number of rotatable bonds is 3. The van der Waals surface area contributed by atoms with Crippen LogP contribution in [0, 0.1) is 4.78 Å². The third kappa shape index (κ3) is 3.23. The van der Waals surface area contributed by atoms with Gasteiger partial charge in [0.15, 0.2) is 9.92 Å². The number of hydrogen-bond donors (Lipinski definition) is 4. The van der Waals surface area contributed by atoms with Crippen molar-refractivity contribution < 1.29 is 18.7 Å². The Bertz CT molecular complexity index is 1100. The lowest BCUT2D eigenvalue weighted by molar-refractivity contribution is 0.256. The first-order valence-corrected chi connectivity index (χ1v) is 11.4. The zero-order chi connectivity index (χ0) is 20.2. The number of carbonyl (C=O) groups excluding carboxylic acids is 1. The van der Waals surface area contributed by atoms with E-state index in [0.717, 1.165) is 44.2 Å². The van der Waals surface area contributed by atoms with E-state index in [1.54, 1.807) is 12.1 Å². The van der Waals surface area contributed by atoms with Crippen LogP contribution >= 0.6 is 0 Å². The average molecular weight is 411 g/mol. The van der Waals surface area contributed by atoms with Crippen LogP contribution < -0.4 is 15.5 Å². The van der Waals surface area contributed by atoms with E-state index >= 15 is 0 Å². The van der Waals surface area contributed by atoms with E-state index < -0.39 is 23.1 Å². The summed E-state index contributed by atoms with van der Waals surface area (Å²) in [5.74, 6) is 0. The molecule has 2 aromatic rings. The Morgan fingerprint density at radius 1 is 1.07 bits per heavy atom. The molecule has 5 rings (SSSR count). The van der Waals surface area contributed by atoms with Gasteiger partial charge in [0.05, 0.1) is 11.5 Å². The summed E-state index contributed by atoms with van der Waals surface area (Å²) < 4.78 is 28.6. The molecule has 0 spiro atoms. The van der Waals surface area contributed by atoms with Gasteiger partial charge in [0.25, 0.3) is 0 Å². The summed E-state index contributed by atoms with van der Waals surface area (Å²) in [6, 6.07) is 6.29. The highest BCUT2D eigenvalue weighted by atomic mass is 32.2. The van der Waals surface area contributed by atoms with E-state index in [9.17, 15) is 14.0 Å². The molecule has 1 heterocycles. The lowest BCUT2D eigenvalue weighted by atomic mass is 9.80. The third-order valence-electron chi connectivity index (χ3n) is 6.06. The second kappa shape index (κ2) is 6.86. The van der Waals surface area contributed by atoms with Gasteiger partial charge in [-0.3, -0.25) is 0 Å². The molecule has 9 heteroatoms. The summed E-state index contributed by atoms with van der Waals surface area (Å²) in [7, 11) is -4.55. The van der Waals surface area contributed by atoms with Crippen molar-refractivity contribution in [3.8, 4) is 0 Å². The molecule has 2 amide bonds. The van der Waals surface area contributed by atoms with Gasteiger partial charge in [-0.2, -0.15) is 0 Å². The van der Waals surface area contributed by atoms with Crippen LogP contribution in [0.4, 0.5) is 10.5 Å². The molecule has 0 fully saturated rings. The average Bonchev–Trinajstić information content (AvgIpc) is 3.41. The molecule has 0 aromatic heterocycles. The van der Waals surface area contributed by atoms with Crippen LogP contribution in [0.25, 0.3) is 0 Å². The first kappa shape index (κ1) is 18.7. The van der Waals surface area contributed by atoms with E-state index in [2.05, 4.69) is 16.1 Å². The fourth-order valence-electron chi connectivity index (χ4n) is 4.68. The van der Waals surface area contributed by atoms with Crippen molar-refractivity contribution in [2.75, 3.05) is 5.32 Å². The van der Waals surface area contributed by atoms with Gasteiger partial charge in [-0.15, -0.1) is 0 Å². The van der Waals surface area contributed by atoms with E-state index in [4.69, 9.17) is 9.43 Å². The molecule has 0 bridgehead atoms. The van der Waals surface area contributed by atoms with Crippen molar-refractivity contribution in [3.63, 3.8) is 0 Å². The molecule has 1 atom stereocenters. The maximum Gasteiger partial charge on any atom is 0.491 e. The lowest BCUT2D eigenvalue weighted by Gasteiger charge is -2.17. The first-order valence-electron chi connectivity index (χ1n) is 9.89. The van der Waals surface area contributed by atoms with Crippen molar-refractivity contribution in [3.05, 3.63) is 52.1 Å². The van der Waals surface area contributed by atoms with Crippen LogP contribution in [-0.2, 0) is 46.9 Å². The Morgan fingerprint density at radius 2 is 1.76 bits per heavy atom. The number of amides is 2. The van der Waals surface area contributed by atoms with Gasteiger partial charge in [-0.1, -0.05) is 12.1 Å². The van der Waals surface area contributed by atoms with Gasteiger partial charge in [0.1, 0.15) is 0 Å². The van der Waals surface area contributed by atoms with Crippen LogP contribution in [0.3, 0.4) is 0 Å². The smallest absolute Gasteiger partial charge is 0.423 e. The largest absolute Gasteiger partial charge is 0.491 e. The fraction of sp³-hybridized carbons (Fsp3) is 0.350. The molecule has 2 aromatic carbocycles. The molecule has 0 saturated heterocycles. The number of fused-ring (bicyclic) bond motifs is 3. The Labute approximate surface area is 170 Å². The van der Waals surface area contributed by atoms with Gasteiger partial charge in [0, 0.05) is 5.69 Å². The highest BCUT2D eigenvalue weighted by Crippen LogP contribution is 2.38. The van der Waals surface area contributed by atoms with E-state index in [1.165, 1.54) is 28.3 Å². The number of carbonyl (C=O) groups is 1. The molecule has 0 radical (unpaired) electrons. The molecule has 3 aliphatic rings. The maximum absolute atomic E-state index is 12.9. The molecule has 0 saturated carbocycles.